The monoisotopic (exact) mass is 369 g/mol. The fourth-order valence-electron chi connectivity index (χ4n) is 1.96. The standard InChI is InChI=1S/C14H10F3N5O4/c1-8(9-3-2-4-18-7-9)19-20-13-11(21(23)24)5-10(14(15,16)17)6-12(13)22(25)26/h2-7,20H,1H3/b19-8+. The summed E-state index contributed by atoms with van der Waals surface area (Å²) in [5, 5.41) is 26.0. The largest absolute Gasteiger partial charge is 0.416 e. The number of nitro groups is 2. The fourth-order valence-corrected chi connectivity index (χ4v) is 1.96. The third-order valence-electron chi connectivity index (χ3n) is 3.23. The highest BCUT2D eigenvalue weighted by atomic mass is 19.4. The Morgan fingerprint density at radius 3 is 2.19 bits per heavy atom. The van der Waals surface area contributed by atoms with E-state index in [-0.39, 0.29) is 17.8 Å². The highest BCUT2D eigenvalue weighted by Crippen LogP contribution is 2.41. The van der Waals surface area contributed by atoms with Gasteiger partial charge >= 0.3 is 17.6 Å². The number of pyridine rings is 1. The summed E-state index contributed by atoms with van der Waals surface area (Å²) in [6.07, 6.45) is -2.06. The van der Waals surface area contributed by atoms with Crippen LogP contribution in [-0.4, -0.2) is 20.5 Å². The second kappa shape index (κ2) is 7.13. The topological polar surface area (TPSA) is 124 Å². The van der Waals surface area contributed by atoms with Gasteiger partial charge in [0.25, 0.3) is 0 Å². The van der Waals surface area contributed by atoms with Crippen LogP contribution in [0.4, 0.5) is 30.2 Å². The lowest BCUT2D eigenvalue weighted by atomic mass is 10.1. The fraction of sp³-hybridized carbons (Fsp3) is 0.143. The van der Waals surface area contributed by atoms with Gasteiger partial charge in [-0.05, 0) is 13.0 Å². The number of aromatic nitrogens is 1. The molecular weight excluding hydrogens is 359 g/mol. The molecule has 0 atom stereocenters. The summed E-state index contributed by atoms with van der Waals surface area (Å²) in [5.41, 5.74) is -1.58. The van der Waals surface area contributed by atoms with E-state index in [1.807, 2.05) is 0 Å². The summed E-state index contributed by atoms with van der Waals surface area (Å²) in [6.45, 7) is 1.49. The number of nitro benzene ring substituents is 2. The molecule has 0 bridgehead atoms. The van der Waals surface area contributed by atoms with Gasteiger partial charge in [-0.3, -0.25) is 30.6 Å². The minimum absolute atomic E-state index is 0.213. The summed E-state index contributed by atoms with van der Waals surface area (Å²) in [5.74, 6) is 0. The van der Waals surface area contributed by atoms with E-state index in [4.69, 9.17) is 0 Å². The lowest BCUT2D eigenvalue weighted by Crippen LogP contribution is -2.10. The average Bonchev–Trinajstić information content (AvgIpc) is 2.58. The third kappa shape index (κ3) is 4.09. The van der Waals surface area contributed by atoms with Crippen LogP contribution in [0, 0.1) is 20.2 Å². The molecule has 1 aromatic carbocycles. The maximum absolute atomic E-state index is 12.8. The molecule has 136 valence electrons. The van der Waals surface area contributed by atoms with Gasteiger partial charge in [0.15, 0.2) is 0 Å². The molecule has 0 aliphatic carbocycles. The van der Waals surface area contributed by atoms with E-state index in [1.165, 1.54) is 19.3 Å². The van der Waals surface area contributed by atoms with Gasteiger partial charge in [-0.1, -0.05) is 6.07 Å². The van der Waals surface area contributed by atoms with Crippen molar-refractivity contribution in [2.75, 3.05) is 5.43 Å². The highest BCUT2D eigenvalue weighted by molar-refractivity contribution is 5.99. The number of benzene rings is 1. The van der Waals surface area contributed by atoms with Gasteiger partial charge in [0.05, 0.1) is 21.1 Å². The molecule has 2 rings (SSSR count). The SMILES string of the molecule is C/C(=N\Nc1c([N+](=O)[O-])cc(C(F)(F)F)cc1[N+](=O)[O-])c1cccnc1. The predicted molar refractivity (Wildman–Crippen MR) is 84.8 cm³/mol. The van der Waals surface area contributed by atoms with Crippen LogP contribution < -0.4 is 5.43 Å². The number of alkyl halides is 3. The summed E-state index contributed by atoms with van der Waals surface area (Å²) in [4.78, 5) is 23.7. The molecule has 0 amide bonds. The third-order valence-corrected chi connectivity index (χ3v) is 3.23. The van der Waals surface area contributed by atoms with Gasteiger partial charge in [-0.25, -0.2) is 0 Å². The molecule has 12 heteroatoms. The molecule has 0 spiro atoms. The molecule has 0 saturated carbocycles. The van der Waals surface area contributed by atoms with Crippen LogP contribution in [0.3, 0.4) is 0 Å². The number of nitrogens with one attached hydrogen (secondary N) is 1. The van der Waals surface area contributed by atoms with Crippen LogP contribution in [0.1, 0.15) is 18.1 Å². The zero-order valence-electron chi connectivity index (χ0n) is 13.0. The van der Waals surface area contributed by atoms with E-state index >= 15 is 0 Å². The van der Waals surface area contributed by atoms with E-state index in [2.05, 4.69) is 15.5 Å². The van der Waals surface area contributed by atoms with Crippen molar-refractivity contribution in [1.82, 2.24) is 4.98 Å². The molecule has 26 heavy (non-hydrogen) atoms. The molecule has 1 N–H and O–H groups in total. The molecule has 1 aromatic heterocycles. The minimum atomic E-state index is -4.98. The molecule has 2 aromatic rings. The van der Waals surface area contributed by atoms with Crippen molar-refractivity contribution in [3.8, 4) is 0 Å². The normalized spacial score (nSPS) is 11.9. The number of anilines is 1. The molecule has 0 unspecified atom stereocenters. The van der Waals surface area contributed by atoms with Crippen molar-refractivity contribution < 1.29 is 23.0 Å². The first-order valence-electron chi connectivity index (χ1n) is 6.86. The summed E-state index contributed by atoms with van der Waals surface area (Å²) in [7, 11) is 0. The molecule has 9 nitrogen and oxygen atoms in total. The highest BCUT2D eigenvalue weighted by Gasteiger charge is 2.37. The Balaban J connectivity index is 2.56. The number of hydrogen-bond donors (Lipinski definition) is 1. The molecule has 1 heterocycles. The average molecular weight is 369 g/mol. The Morgan fingerprint density at radius 1 is 1.19 bits per heavy atom. The Bertz CT molecular complexity index is 849. The van der Waals surface area contributed by atoms with Crippen LogP contribution in [0.2, 0.25) is 0 Å². The van der Waals surface area contributed by atoms with Crippen molar-refractivity contribution in [3.05, 3.63) is 68.0 Å². The molecule has 0 aliphatic rings. The van der Waals surface area contributed by atoms with Crippen LogP contribution in [-0.2, 0) is 6.18 Å². The smallest absolute Gasteiger partial charge is 0.266 e. The van der Waals surface area contributed by atoms with E-state index in [1.54, 1.807) is 12.1 Å². The van der Waals surface area contributed by atoms with Crippen molar-refractivity contribution in [3.63, 3.8) is 0 Å². The molecule has 0 saturated heterocycles. The quantitative estimate of drug-likeness (QED) is 0.486. The first-order valence-corrected chi connectivity index (χ1v) is 6.86. The van der Waals surface area contributed by atoms with Crippen LogP contribution in [0.15, 0.2) is 41.8 Å². The van der Waals surface area contributed by atoms with E-state index < -0.39 is 38.6 Å². The Hall–Kier alpha value is -3.57. The Labute approximate surface area is 143 Å². The Kier molecular flexibility index (Phi) is 5.14. The molecule has 0 fully saturated rings. The van der Waals surface area contributed by atoms with Gasteiger partial charge in [0, 0.05) is 30.1 Å². The second-order valence-electron chi connectivity index (χ2n) is 4.95. The van der Waals surface area contributed by atoms with Crippen molar-refractivity contribution >= 4 is 22.8 Å². The van der Waals surface area contributed by atoms with Crippen LogP contribution in [0.5, 0.6) is 0 Å². The molecule has 0 radical (unpaired) electrons. The second-order valence-corrected chi connectivity index (χ2v) is 4.95. The molecular formula is C14H10F3N5O4. The first-order chi connectivity index (χ1) is 12.1. The summed E-state index contributed by atoms with van der Waals surface area (Å²) < 4.78 is 38.5. The van der Waals surface area contributed by atoms with Gasteiger partial charge in [-0.15, -0.1) is 0 Å². The minimum Gasteiger partial charge on any atom is -0.266 e. The number of nitrogens with zero attached hydrogens (tertiary/aromatic N) is 4. The van der Waals surface area contributed by atoms with E-state index in [0.717, 1.165) is 0 Å². The van der Waals surface area contributed by atoms with E-state index in [9.17, 15) is 33.4 Å². The van der Waals surface area contributed by atoms with Gasteiger partial charge in [-0.2, -0.15) is 18.3 Å². The Morgan fingerprint density at radius 2 is 1.77 bits per heavy atom. The van der Waals surface area contributed by atoms with E-state index in [0.29, 0.717) is 5.56 Å². The lowest BCUT2D eigenvalue weighted by molar-refractivity contribution is -0.392. The number of hydrogen-bond acceptors (Lipinski definition) is 7. The van der Waals surface area contributed by atoms with Gasteiger partial charge in [0.2, 0.25) is 5.69 Å². The van der Waals surface area contributed by atoms with Crippen molar-refractivity contribution in [1.29, 1.82) is 0 Å². The summed E-state index contributed by atoms with van der Waals surface area (Å²) in [6, 6.07) is 3.63. The maximum Gasteiger partial charge on any atom is 0.416 e. The number of rotatable bonds is 5. The van der Waals surface area contributed by atoms with Crippen molar-refractivity contribution in [2.24, 2.45) is 5.10 Å². The lowest BCUT2D eigenvalue weighted by Gasteiger charge is -2.10. The number of hydrazone groups is 1. The predicted octanol–water partition coefficient (Wildman–Crippen LogP) is 3.75. The van der Waals surface area contributed by atoms with Crippen LogP contribution in [0.25, 0.3) is 0 Å². The zero-order valence-corrected chi connectivity index (χ0v) is 13.0. The first kappa shape index (κ1) is 18.8. The maximum atomic E-state index is 12.8. The van der Waals surface area contributed by atoms with Gasteiger partial charge in [0.1, 0.15) is 0 Å². The number of halogens is 3. The van der Waals surface area contributed by atoms with Crippen LogP contribution >= 0.6 is 0 Å². The van der Waals surface area contributed by atoms with Crippen molar-refractivity contribution in [2.45, 2.75) is 13.1 Å². The zero-order chi connectivity index (χ0) is 19.5. The van der Waals surface area contributed by atoms with Gasteiger partial charge < -0.3 is 0 Å². The molecule has 0 aliphatic heterocycles. The summed E-state index contributed by atoms with van der Waals surface area (Å²) >= 11 is 0.